The van der Waals surface area contributed by atoms with Crippen molar-refractivity contribution in [2.75, 3.05) is 19.4 Å². The molecule has 3 aromatic rings. The van der Waals surface area contributed by atoms with Crippen LogP contribution >= 0.6 is 0 Å². The highest BCUT2D eigenvalue weighted by molar-refractivity contribution is 7.91. The van der Waals surface area contributed by atoms with Crippen LogP contribution in [0.3, 0.4) is 0 Å². The zero-order valence-electron chi connectivity index (χ0n) is 21.6. The first-order valence-corrected chi connectivity index (χ1v) is 13.2. The van der Waals surface area contributed by atoms with Crippen LogP contribution in [0.25, 0.3) is 6.08 Å². The van der Waals surface area contributed by atoms with E-state index in [1.54, 1.807) is 36.4 Å². The van der Waals surface area contributed by atoms with Crippen LogP contribution in [0.5, 0.6) is 5.75 Å². The highest BCUT2D eigenvalue weighted by atomic mass is 32.2. The minimum absolute atomic E-state index is 0.0973. The van der Waals surface area contributed by atoms with Crippen molar-refractivity contribution in [3.05, 3.63) is 82.7 Å². The molecule has 3 rings (SSSR count). The lowest BCUT2D eigenvalue weighted by atomic mass is 9.95. The van der Waals surface area contributed by atoms with Crippen LogP contribution in [-0.4, -0.2) is 49.0 Å². The highest BCUT2D eigenvalue weighted by Gasteiger charge is 2.31. The lowest BCUT2D eigenvalue weighted by molar-refractivity contribution is -0.126. The van der Waals surface area contributed by atoms with Crippen molar-refractivity contribution in [3.8, 4) is 5.75 Å². The maximum absolute atomic E-state index is 13.7. The number of hydrogen-bond donors (Lipinski definition) is 3. The standard InChI is InChI=1S/C27H30N4O6S/c1-5-31(16-19-12-14-29-15-13-19)23(32)11-10-22-17(2)25(28)18(3)26(24(22)27(33)30-34)38(35,36)21-8-6-20(37-4)7-9-21/h6-15,34H,5,16,28H2,1-4H3,(H,30,33). The van der Waals surface area contributed by atoms with Gasteiger partial charge < -0.3 is 15.4 Å². The number of rotatable bonds is 9. The van der Waals surface area contributed by atoms with E-state index in [0.29, 0.717) is 24.4 Å². The van der Waals surface area contributed by atoms with Crippen molar-refractivity contribution in [2.24, 2.45) is 0 Å². The van der Waals surface area contributed by atoms with E-state index in [9.17, 15) is 23.2 Å². The van der Waals surface area contributed by atoms with Crippen molar-refractivity contribution >= 4 is 33.4 Å². The Hall–Kier alpha value is -4.22. The topological polar surface area (TPSA) is 152 Å². The molecule has 0 atom stereocenters. The smallest absolute Gasteiger partial charge is 0.276 e. The summed E-state index contributed by atoms with van der Waals surface area (Å²) in [5.74, 6) is -0.968. The van der Waals surface area contributed by atoms with E-state index in [-0.39, 0.29) is 38.1 Å². The van der Waals surface area contributed by atoms with Crippen molar-refractivity contribution < 1.29 is 28.0 Å². The number of pyridine rings is 1. The number of nitrogens with two attached hydrogens (primary N) is 1. The van der Waals surface area contributed by atoms with E-state index < -0.39 is 15.7 Å². The summed E-state index contributed by atoms with van der Waals surface area (Å²) in [4.78, 5) is 31.0. The van der Waals surface area contributed by atoms with Crippen molar-refractivity contribution in [2.45, 2.75) is 37.1 Å². The third-order valence-corrected chi connectivity index (χ3v) is 8.17. The Labute approximate surface area is 221 Å². The van der Waals surface area contributed by atoms with Crippen molar-refractivity contribution in [3.63, 3.8) is 0 Å². The molecule has 10 nitrogen and oxygen atoms in total. The molecule has 0 aliphatic carbocycles. The lowest BCUT2D eigenvalue weighted by Gasteiger charge is -2.21. The van der Waals surface area contributed by atoms with Gasteiger partial charge in [0.05, 0.1) is 22.5 Å². The van der Waals surface area contributed by atoms with Gasteiger partial charge in [-0.25, -0.2) is 13.9 Å². The third kappa shape index (κ3) is 5.68. The lowest BCUT2D eigenvalue weighted by Crippen LogP contribution is -2.28. The number of carbonyl (C=O) groups excluding carboxylic acids is 2. The Morgan fingerprint density at radius 3 is 2.29 bits per heavy atom. The molecule has 0 spiro atoms. The van der Waals surface area contributed by atoms with Gasteiger partial charge in [0, 0.05) is 37.2 Å². The molecule has 0 aliphatic rings. The Morgan fingerprint density at radius 2 is 1.74 bits per heavy atom. The van der Waals surface area contributed by atoms with Crippen LogP contribution in [0.4, 0.5) is 5.69 Å². The van der Waals surface area contributed by atoms with E-state index in [2.05, 4.69) is 4.98 Å². The van der Waals surface area contributed by atoms with Crippen molar-refractivity contribution in [1.29, 1.82) is 0 Å². The number of anilines is 1. The summed E-state index contributed by atoms with van der Waals surface area (Å²) >= 11 is 0. The molecule has 0 aliphatic heterocycles. The second-order valence-corrected chi connectivity index (χ2v) is 10.3. The highest BCUT2D eigenvalue weighted by Crippen LogP contribution is 2.37. The number of amides is 2. The zero-order valence-corrected chi connectivity index (χ0v) is 22.4. The summed E-state index contributed by atoms with van der Waals surface area (Å²) in [6.45, 7) is 5.66. The van der Waals surface area contributed by atoms with Crippen LogP contribution < -0.4 is 16.0 Å². The Morgan fingerprint density at radius 1 is 1.11 bits per heavy atom. The fourth-order valence-corrected chi connectivity index (χ4v) is 5.77. The van der Waals surface area contributed by atoms with Crippen LogP contribution in [-0.2, 0) is 21.2 Å². The molecule has 0 unspecified atom stereocenters. The summed E-state index contributed by atoms with van der Waals surface area (Å²) in [6, 6.07) is 9.25. The molecular weight excluding hydrogens is 508 g/mol. The van der Waals surface area contributed by atoms with Gasteiger partial charge in [-0.05, 0) is 85.5 Å². The van der Waals surface area contributed by atoms with E-state index in [4.69, 9.17) is 10.5 Å². The number of nitrogens with one attached hydrogen (secondary N) is 1. The molecular formula is C27H30N4O6S. The maximum Gasteiger partial charge on any atom is 0.276 e. The number of likely N-dealkylation sites (N-methyl/N-ethyl adjacent to an activating group) is 1. The summed E-state index contributed by atoms with van der Waals surface area (Å²) in [6.07, 6.45) is 5.86. The molecule has 38 heavy (non-hydrogen) atoms. The maximum atomic E-state index is 13.7. The van der Waals surface area contributed by atoms with Gasteiger partial charge in [-0.3, -0.25) is 19.8 Å². The van der Waals surface area contributed by atoms with Crippen LogP contribution in [0.15, 0.2) is 64.7 Å². The number of ether oxygens (including phenoxy) is 1. The molecule has 1 heterocycles. The predicted octanol–water partition coefficient (Wildman–Crippen LogP) is 3.30. The summed E-state index contributed by atoms with van der Waals surface area (Å²) in [7, 11) is -2.83. The fraction of sp³-hybridized carbons (Fsp3) is 0.222. The van der Waals surface area contributed by atoms with Gasteiger partial charge in [0.25, 0.3) is 5.91 Å². The average Bonchev–Trinajstić information content (AvgIpc) is 2.93. The SMILES string of the molecule is CCN(Cc1ccncc1)C(=O)C=Cc1c(C)c(N)c(C)c(S(=O)(=O)c2ccc(OC)cc2)c1C(=O)NO. The van der Waals surface area contributed by atoms with Gasteiger partial charge in [0.2, 0.25) is 15.7 Å². The molecule has 11 heteroatoms. The zero-order chi connectivity index (χ0) is 28.0. The molecule has 0 fully saturated rings. The summed E-state index contributed by atoms with van der Waals surface area (Å²) in [5, 5.41) is 9.51. The van der Waals surface area contributed by atoms with Gasteiger partial charge >= 0.3 is 0 Å². The molecule has 200 valence electrons. The second kappa shape index (κ2) is 11.9. The first kappa shape index (κ1) is 28.4. The first-order valence-electron chi connectivity index (χ1n) is 11.7. The fourth-order valence-electron chi connectivity index (χ4n) is 4.06. The van der Waals surface area contributed by atoms with Crippen LogP contribution in [0, 0.1) is 13.8 Å². The number of benzene rings is 2. The van der Waals surface area contributed by atoms with Gasteiger partial charge in [-0.15, -0.1) is 0 Å². The number of hydroxylamine groups is 1. The Bertz CT molecular complexity index is 1470. The van der Waals surface area contributed by atoms with Crippen LogP contribution in [0.2, 0.25) is 0 Å². The minimum Gasteiger partial charge on any atom is -0.497 e. The number of methoxy groups -OCH3 is 1. The molecule has 0 radical (unpaired) electrons. The third-order valence-electron chi connectivity index (χ3n) is 6.22. The van der Waals surface area contributed by atoms with Gasteiger partial charge in [0.1, 0.15) is 5.75 Å². The number of nitrogen functional groups attached to an aromatic ring is 1. The summed E-state index contributed by atoms with van der Waals surface area (Å²) < 4.78 is 32.6. The number of hydrogen-bond acceptors (Lipinski definition) is 8. The normalized spacial score (nSPS) is 11.4. The molecule has 1 aromatic heterocycles. The molecule has 2 aromatic carbocycles. The number of aromatic nitrogens is 1. The van der Waals surface area contributed by atoms with Crippen molar-refractivity contribution in [1.82, 2.24) is 15.4 Å². The van der Waals surface area contributed by atoms with E-state index in [1.165, 1.54) is 55.9 Å². The largest absolute Gasteiger partial charge is 0.497 e. The van der Waals surface area contributed by atoms with Crippen LogP contribution in [0.1, 0.15) is 39.5 Å². The first-order chi connectivity index (χ1) is 18.1. The van der Waals surface area contributed by atoms with Gasteiger partial charge in [0.15, 0.2) is 0 Å². The average molecular weight is 539 g/mol. The Balaban J connectivity index is 2.16. The predicted molar refractivity (Wildman–Crippen MR) is 142 cm³/mol. The molecule has 0 bridgehead atoms. The summed E-state index contributed by atoms with van der Waals surface area (Å²) in [5.41, 5.74) is 9.16. The molecule has 0 saturated carbocycles. The molecule has 4 N–H and O–H groups in total. The quantitative estimate of drug-likeness (QED) is 0.162. The Kier molecular flexibility index (Phi) is 8.87. The van der Waals surface area contributed by atoms with E-state index in [0.717, 1.165) is 5.56 Å². The second-order valence-electron chi connectivity index (χ2n) is 8.44. The molecule has 2 amide bonds. The number of carbonyl (C=O) groups is 2. The van der Waals surface area contributed by atoms with Gasteiger partial charge in [-0.2, -0.15) is 0 Å². The monoisotopic (exact) mass is 538 g/mol. The van der Waals surface area contributed by atoms with Gasteiger partial charge in [-0.1, -0.05) is 0 Å². The van der Waals surface area contributed by atoms with E-state index in [1.807, 2.05) is 6.92 Å². The minimum atomic E-state index is -4.29. The number of nitrogens with zero attached hydrogens (tertiary/aromatic N) is 2. The molecule has 0 saturated heterocycles. The van der Waals surface area contributed by atoms with E-state index >= 15 is 0 Å². The number of sulfone groups is 1.